The van der Waals surface area contributed by atoms with Gasteiger partial charge in [0, 0.05) is 31.9 Å². The van der Waals surface area contributed by atoms with E-state index in [-0.39, 0.29) is 6.03 Å². The van der Waals surface area contributed by atoms with Crippen molar-refractivity contribution >= 4 is 6.03 Å². The Bertz CT molecular complexity index is 464. The summed E-state index contributed by atoms with van der Waals surface area (Å²) in [6, 6.07) is 0.407. The first-order chi connectivity index (χ1) is 9.47. The van der Waals surface area contributed by atoms with E-state index in [1.54, 1.807) is 0 Å². The second-order valence-corrected chi connectivity index (χ2v) is 6.27. The minimum Gasteiger partial charge on any atom is -0.336 e. The summed E-state index contributed by atoms with van der Waals surface area (Å²) < 4.78 is 1.47. The van der Waals surface area contributed by atoms with Gasteiger partial charge in [0.05, 0.1) is 5.69 Å². The summed E-state index contributed by atoms with van der Waals surface area (Å²) in [4.78, 5) is 14.4. The highest BCUT2D eigenvalue weighted by atomic mass is 16.2. The molecule has 0 unspecified atom stereocenters. The van der Waals surface area contributed by atoms with Gasteiger partial charge in [-0.3, -0.25) is 4.90 Å². The Morgan fingerprint density at radius 3 is 2.80 bits per heavy atom. The molecule has 0 aliphatic carbocycles. The minimum absolute atomic E-state index is 0.115. The number of aromatic nitrogens is 2. The zero-order valence-corrected chi connectivity index (χ0v) is 13.0. The first-order valence-electron chi connectivity index (χ1n) is 7.57. The van der Waals surface area contributed by atoms with E-state index in [0.717, 1.165) is 31.6 Å². The van der Waals surface area contributed by atoms with Crippen molar-refractivity contribution in [1.29, 1.82) is 0 Å². The molecule has 0 bridgehead atoms. The summed E-state index contributed by atoms with van der Waals surface area (Å²) in [5.41, 5.74) is 2.25. The zero-order valence-electron chi connectivity index (χ0n) is 13.0. The number of rotatable bonds is 4. The van der Waals surface area contributed by atoms with Crippen LogP contribution in [0.25, 0.3) is 0 Å². The highest BCUT2D eigenvalue weighted by Crippen LogP contribution is 2.18. The Hall–Kier alpha value is -1.36. The van der Waals surface area contributed by atoms with Crippen LogP contribution in [0.2, 0.25) is 0 Å². The van der Waals surface area contributed by atoms with Crippen molar-refractivity contribution in [3.8, 4) is 0 Å². The molecule has 1 aromatic heterocycles. The average Bonchev–Trinajstić information content (AvgIpc) is 2.80. The largest absolute Gasteiger partial charge is 0.342 e. The number of nitrogens with one attached hydrogen (secondary N) is 1. The number of carbonyl (C=O) groups excluding carboxylic acids is 1. The van der Waals surface area contributed by atoms with E-state index in [2.05, 4.69) is 43.0 Å². The molecule has 1 amide bonds. The van der Waals surface area contributed by atoms with Gasteiger partial charge >= 0.3 is 6.03 Å². The number of hydrogen-bond donors (Lipinski definition) is 1. The van der Waals surface area contributed by atoms with Gasteiger partial charge in [0.25, 0.3) is 0 Å². The predicted molar refractivity (Wildman–Crippen MR) is 79.7 cm³/mol. The monoisotopic (exact) mass is 278 g/mol. The van der Waals surface area contributed by atoms with E-state index in [0.29, 0.717) is 18.5 Å². The fraction of sp³-hybridized carbons (Fsp3) is 0.733. The maximum Gasteiger partial charge on any atom is 0.342 e. The summed E-state index contributed by atoms with van der Waals surface area (Å²) >= 11 is 0. The number of nitrogens with zero attached hydrogens (tertiary/aromatic N) is 3. The molecule has 0 saturated carbocycles. The molecule has 2 rings (SSSR count). The van der Waals surface area contributed by atoms with Crippen LogP contribution in [0.15, 0.2) is 6.20 Å². The molecule has 0 aromatic carbocycles. The Morgan fingerprint density at radius 1 is 1.40 bits per heavy atom. The van der Waals surface area contributed by atoms with Gasteiger partial charge in [0.15, 0.2) is 0 Å². The van der Waals surface area contributed by atoms with Gasteiger partial charge in [-0.2, -0.15) is 9.78 Å². The Balaban J connectivity index is 1.96. The molecule has 0 saturated heterocycles. The van der Waals surface area contributed by atoms with E-state index >= 15 is 0 Å². The zero-order chi connectivity index (χ0) is 14.7. The number of amides is 1. The molecular formula is C15H26N4O. The van der Waals surface area contributed by atoms with Gasteiger partial charge in [0.2, 0.25) is 0 Å². The number of carbonyl (C=O) groups is 1. The average molecular weight is 278 g/mol. The third-order valence-electron chi connectivity index (χ3n) is 3.83. The summed E-state index contributed by atoms with van der Waals surface area (Å²) in [5.74, 6) is 0.598. The van der Waals surface area contributed by atoms with Crippen LogP contribution >= 0.6 is 0 Å². The lowest BCUT2D eigenvalue weighted by Crippen LogP contribution is -2.35. The van der Waals surface area contributed by atoms with Crippen molar-refractivity contribution in [2.45, 2.75) is 53.1 Å². The maximum absolute atomic E-state index is 12.0. The SMILES string of the molecule is CC(C)CCNC(=O)n1cc2c(n1)CN(C(C)C)CC2. The Morgan fingerprint density at radius 2 is 2.15 bits per heavy atom. The van der Waals surface area contributed by atoms with Crippen LogP contribution in [-0.2, 0) is 13.0 Å². The summed E-state index contributed by atoms with van der Waals surface area (Å²) in [7, 11) is 0. The number of fused-ring (bicyclic) bond motifs is 1. The van der Waals surface area contributed by atoms with Crippen LogP contribution in [0, 0.1) is 5.92 Å². The Kier molecular flexibility index (Phi) is 4.81. The molecular weight excluding hydrogens is 252 g/mol. The molecule has 20 heavy (non-hydrogen) atoms. The molecule has 112 valence electrons. The molecule has 0 atom stereocenters. The maximum atomic E-state index is 12.0. The molecule has 2 heterocycles. The van der Waals surface area contributed by atoms with Crippen LogP contribution in [0.4, 0.5) is 4.79 Å². The van der Waals surface area contributed by atoms with Crippen molar-refractivity contribution in [3.05, 3.63) is 17.5 Å². The lowest BCUT2D eigenvalue weighted by atomic mass is 10.1. The second kappa shape index (κ2) is 6.39. The fourth-order valence-corrected chi connectivity index (χ4v) is 2.42. The van der Waals surface area contributed by atoms with Crippen molar-refractivity contribution in [3.63, 3.8) is 0 Å². The van der Waals surface area contributed by atoms with Crippen LogP contribution in [0.3, 0.4) is 0 Å². The summed E-state index contributed by atoms with van der Waals surface area (Å²) in [6.45, 7) is 11.3. The molecule has 5 heteroatoms. The first kappa shape index (κ1) is 15.0. The fourth-order valence-electron chi connectivity index (χ4n) is 2.42. The van der Waals surface area contributed by atoms with Gasteiger partial charge in [-0.25, -0.2) is 4.79 Å². The van der Waals surface area contributed by atoms with Crippen molar-refractivity contribution < 1.29 is 4.79 Å². The first-order valence-corrected chi connectivity index (χ1v) is 7.57. The summed E-state index contributed by atoms with van der Waals surface area (Å²) in [5, 5.41) is 7.37. The van der Waals surface area contributed by atoms with Crippen molar-refractivity contribution in [2.75, 3.05) is 13.1 Å². The summed E-state index contributed by atoms with van der Waals surface area (Å²) in [6.07, 6.45) is 3.86. The quantitative estimate of drug-likeness (QED) is 0.919. The lowest BCUT2D eigenvalue weighted by molar-refractivity contribution is 0.200. The normalized spacial score (nSPS) is 15.7. The van der Waals surface area contributed by atoms with Crippen LogP contribution in [0.5, 0.6) is 0 Å². The third kappa shape index (κ3) is 3.60. The molecule has 1 aliphatic rings. The molecule has 1 aliphatic heterocycles. The highest BCUT2D eigenvalue weighted by Gasteiger charge is 2.22. The highest BCUT2D eigenvalue weighted by molar-refractivity contribution is 5.75. The van der Waals surface area contributed by atoms with E-state index in [1.165, 1.54) is 10.2 Å². The van der Waals surface area contributed by atoms with E-state index in [4.69, 9.17) is 0 Å². The van der Waals surface area contributed by atoms with E-state index in [1.807, 2.05) is 6.20 Å². The van der Waals surface area contributed by atoms with Gasteiger partial charge < -0.3 is 5.32 Å². The molecule has 5 nitrogen and oxygen atoms in total. The lowest BCUT2D eigenvalue weighted by Gasteiger charge is -2.29. The second-order valence-electron chi connectivity index (χ2n) is 6.27. The molecule has 0 radical (unpaired) electrons. The van der Waals surface area contributed by atoms with Gasteiger partial charge in [-0.15, -0.1) is 0 Å². The van der Waals surface area contributed by atoms with Gasteiger partial charge in [-0.05, 0) is 38.2 Å². The molecule has 1 aromatic rings. The smallest absolute Gasteiger partial charge is 0.336 e. The topological polar surface area (TPSA) is 50.2 Å². The van der Waals surface area contributed by atoms with E-state index < -0.39 is 0 Å². The molecule has 0 fully saturated rings. The van der Waals surface area contributed by atoms with Gasteiger partial charge in [-0.1, -0.05) is 13.8 Å². The Labute approximate surface area is 121 Å². The number of hydrogen-bond acceptors (Lipinski definition) is 3. The standard InChI is InChI=1S/C15H26N4O/c1-11(2)5-7-16-15(20)19-9-13-6-8-18(12(3)4)10-14(13)17-19/h9,11-12H,5-8,10H2,1-4H3,(H,16,20). The van der Waals surface area contributed by atoms with Crippen molar-refractivity contribution in [1.82, 2.24) is 20.0 Å². The third-order valence-corrected chi connectivity index (χ3v) is 3.83. The molecule has 0 spiro atoms. The van der Waals surface area contributed by atoms with Crippen LogP contribution in [0.1, 0.15) is 45.4 Å². The minimum atomic E-state index is -0.115. The van der Waals surface area contributed by atoms with E-state index in [9.17, 15) is 4.79 Å². The molecule has 1 N–H and O–H groups in total. The predicted octanol–water partition coefficient (Wildman–Crippen LogP) is 2.25. The van der Waals surface area contributed by atoms with Gasteiger partial charge in [0.1, 0.15) is 0 Å². The van der Waals surface area contributed by atoms with Crippen LogP contribution < -0.4 is 5.32 Å². The van der Waals surface area contributed by atoms with Crippen molar-refractivity contribution in [2.24, 2.45) is 5.92 Å². The van der Waals surface area contributed by atoms with Crippen LogP contribution in [-0.4, -0.2) is 39.8 Å².